The topological polar surface area (TPSA) is 99.4 Å². The van der Waals surface area contributed by atoms with Gasteiger partial charge in [0.05, 0.1) is 6.61 Å². The van der Waals surface area contributed by atoms with Crippen LogP contribution in [0.25, 0.3) is 0 Å². The number of methoxy groups -OCH3 is 1. The second-order valence-electron chi connectivity index (χ2n) is 2.93. The molecule has 0 amide bonds. The zero-order valence-electron chi connectivity index (χ0n) is 7.20. The Labute approximate surface area is 75.3 Å². The van der Waals surface area contributed by atoms with Gasteiger partial charge in [0.15, 0.2) is 6.29 Å². The fraction of sp³-hybridized carbons (Fsp3) is 1.00. The van der Waals surface area contributed by atoms with Crippen molar-refractivity contribution in [2.45, 2.75) is 30.7 Å². The number of aliphatic hydroxyl groups excluding tert-OH is 4. The van der Waals surface area contributed by atoms with E-state index in [9.17, 15) is 15.3 Å². The van der Waals surface area contributed by atoms with Crippen LogP contribution < -0.4 is 0 Å². The van der Waals surface area contributed by atoms with Crippen molar-refractivity contribution >= 4 is 0 Å². The third-order valence-corrected chi connectivity index (χ3v) is 2.08. The molecule has 13 heavy (non-hydrogen) atoms. The molecule has 1 heterocycles. The monoisotopic (exact) mass is 194 g/mol. The van der Waals surface area contributed by atoms with Gasteiger partial charge in [0.25, 0.3) is 0 Å². The number of hydrogen-bond donors (Lipinski definition) is 4. The third kappa shape index (κ3) is 1.98. The number of rotatable bonds is 2. The fourth-order valence-electron chi connectivity index (χ4n) is 1.26. The third-order valence-electron chi connectivity index (χ3n) is 2.08. The lowest BCUT2D eigenvalue weighted by molar-refractivity contribution is -0.294. The SMILES string of the molecule is CO[C@@H]1OC(CO)[C@@H](O)C(O)[C@H]1O. The van der Waals surface area contributed by atoms with Crippen molar-refractivity contribution < 1.29 is 29.9 Å². The molecule has 0 bridgehead atoms. The van der Waals surface area contributed by atoms with Gasteiger partial charge in [-0.25, -0.2) is 0 Å². The normalized spacial score (nSPS) is 46.4. The van der Waals surface area contributed by atoms with Crippen molar-refractivity contribution in [1.29, 1.82) is 0 Å². The maximum atomic E-state index is 9.28. The molecule has 0 aromatic carbocycles. The predicted molar refractivity (Wildman–Crippen MR) is 40.8 cm³/mol. The van der Waals surface area contributed by atoms with E-state index in [1.807, 2.05) is 0 Å². The highest BCUT2D eigenvalue weighted by Gasteiger charge is 2.43. The maximum absolute atomic E-state index is 9.28. The summed E-state index contributed by atoms with van der Waals surface area (Å²) >= 11 is 0. The number of hydrogen-bond acceptors (Lipinski definition) is 6. The summed E-state index contributed by atoms with van der Waals surface area (Å²) in [5.74, 6) is 0. The van der Waals surface area contributed by atoms with Gasteiger partial charge in [0, 0.05) is 7.11 Å². The van der Waals surface area contributed by atoms with Crippen molar-refractivity contribution in [2.75, 3.05) is 13.7 Å². The highest BCUT2D eigenvalue weighted by molar-refractivity contribution is 4.88. The summed E-state index contributed by atoms with van der Waals surface area (Å²) in [6, 6.07) is 0. The second-order valence-corrected chi connectivity index (χ2v) is 2.93. The van der Waals surface area contributed by atoms with Crippen LogP contribution in [-0.2, 0) is 9.47 Å². The van der Waals surface area contributed by atoms with Gasteiger partial charge in [-0.15, -0.1) is 0 Å². The standard InChI is InChI=1S/C7H14O6/c1-12-7-6(11)5(10)4(9)3(2-8)13-7/h3-11H,2H2,1H3/t3?,4-,5?,6-,7-/m1/s1. The van der Waals surface area contributed by atoms with E-state index in [1.165, 1.54) is 7.11 Å². The van der Waals surface area contributed by atoms with Crippen LogP contribution in [0.2, 0.25) is 0 Å². The fourth-order valence-corrected chi connectivity index (χ4v) is 1.26. The molecule has 0 spiro atoms. The van der Waals surface area contributed by atoms with E-state index in [4.69, 9.17) is 14.6 Å². The van der Waals surface area contributed by atoms with Crippen molar-refractivity contribution in [1.82, 2.24) is 0 Å². The average Bonchev–Trinajstić information content (AvgIpc) is 2.15. The van der Waals surface area contributed by atoms with E-state index >= 15 is 0 Å². The van der Waals surface area contributed by atoms with Gasteiger partial charge in [0.2, 0.25) is 0 Å². The first kappa shape index (κ1) is 10.8. The van der Waals surface area contributed by atoms with Gasteiger partial charge in [-0.1, -0.05) is 0 Å². The summed E-state index contributed by atoms with van der Waals surface area (Å²) in [6.45, 7) is -0.440. The van der Waals surface area contributed by atoms with Gasteiger partial charge in [-0.2, -0.15) is 0 Å². The minimum Gasteiger partial charge on any atom is -0.394 e. The van der Waals surface area contributed by atoms with Crippen LogP contribution in [-0.4, -0.2) is 64.8 Å². The van der Waals surface area contributed by atoms with E-state index in [-0.39, 0.29) is 0 Å². The lowest BCUT2D eigenvalue weighted by atomic mass is 9.99. The summed E-state index contributed by atoms with van der Waals surface area (Å²) < 4.78 is 9.65. The Hall–Kier alpha value is -0.240. The van der Waals surface area contributed by atoms with Gasteiger partial charge >= 0.3 is 0 Å². The summed E-state index contributed by atoms with van der Waals surface area (Å²) in [5, 5.41) is 36.6. The molecule has 1 rings (SSSR count). The Morgan fingerprint density at radius 2 is 1.77 bits per heavy atom. The average molecular weight is 194 g/mol. The molecule has 1 saturated heterocycles. The molecule has 4 N–H and O–H groups in total. The molecular formula is C7H14O6. The van der Waals surface area contributed by atoms with Crippen LogP contribution in [0.4, 0.5) is 0 Å². The summed E-state index contributed by atoms with van der Waals surface area (Å²) in [7, 11) is 1.30. The van der Waals surface area contributed by atoms with E-state index in [0.29, 0.717) is 0 Å². The first-order valence-corrected chi connectivity index (χ1v) is 3.95. The summed E-state index contributed by atoms with van der Waals surface area (Å²) in [5.41, 5.74) is 0. The molecule has 5 atom stereocenters. The van der Waals surface area contributed by atoms with Crippen LogP contribution in [0.15, 0.2) is 0 Å². The van der Waals surface area contributed by atoms with Crippen molar-refractivity contribution in [3.05, 3.63) is 0 Å². The van der Waals surface area contributed by atoms with Crippen LogP contribution in [0, 0.1) is 0 Å². The Morgan fingerprint density at radius 1 is 1.15 bits per heavy atom. The molecule has 2 unspecified atom stereocenters. The zero-order chi connectivity index (χ0) is 10.0. The maximum Gasteiger partial charge on any atom is 0.186 e. The van der Waals surface area contributed by atoms with Crippen molar-refractivity contribution in [3.63, 3.8) is 0 Å². The smallest absolute Gasteiger partial charge is 0.186 e. The second kappa shape index (κ2) is 4.32. The highest BCUT2D eigenvalue weighted by Crippen LogP contribution is 2.20. The first-order chi connectivity index (χ1) is 6.11. The van der Waals surface area contributed by atoms with Crippen LogP contribution >= 0.6 is 0 Å². The van der Waals surface area contributed by atoms with Crippen LogP contribution in [0.1, 0.15) is 0 Å². The minimum absolute atomic E-state index is 0.440. The van der Waals surface area contributed by atoms with Gasteiger partial charge < -0.3 is 29.9 Å². The Kier molecular flexibility index (Phi) is 3.60. The lowest BCUT2D eigenvalue weighted by Gasteiger charge is -2.38. The van der Waals surface area contributed by atoms with Gasteiger partial charge in [0.1, 0.15) is 24.4 Å². The molecule has 0 aliphatic carbocycles. The molecule has 6 nitrogen and oxygen atoms in total. The molecule has 1 aliphatic rings. The Bertz CT molecular complexity index is 143. The van der Waals surface area contributed by atoms with E-state index < -0.39 is 37.3 Å². The minimum atomic E-state index is -1.36. The van der Waals surface area contributed by atoms with Crippen molar-refractivity contribution in [2.24, 2.45) is 0 Å². The van der Waals surface area contributed by atoms with Gasteiger partial charge in [-0.05, 0) is 0 Å². The molecule has 1 aliphatic heterocycles. The molecule has 0 radical (unpaired) electrons. The molecular weight excluding hydrogens is 180 g/mol. The molecule has 78 valence electrons. The number of aliphatic hydroxyl groups is 4. The van der Waals surface area contributed by atoms with Crippen molar-refractivity contribution in [3.8, 4) is 0 Å². The van der Waals surface area contributed by atoms with Crippen LogP contribution in [0.3, 0.4) is 0 Å². The highest BCUT2D eigenvalue weighted by atomic mass is 16.7. The molecule has 1 fully saturated rings. The Balaban J connectivity index is 2.66. The predicted octanol–water partition coefficient (Wildman–Crippen LogP) is -2.57. The lowest BCUT2D eigenvalue weighted by Crippen LogP contribution is -2.58. The first-order valence-electron chi connectivity index (χ1n) is 3.95. The molecule has 0 aromatic heterocycles. The van der Waals surface area contributed by atoms with E-state index in [1.54, 1.807) is 0 Å². The van der Waals surface area contributed by atoms with E-state index in [0.717, 1.165) is 0 Å². The number of ether oxygens (including phenoxy) is 2. The van der Waals surface area contributed by atoms with Gasteiger partial charge in [-0.3, -0.25) is 0 Å². The summed E-state index contributed by atoms with van der Waals surface area (Å²) in [6.07, 6.45) is -5.91. The molecule has 0 saturated carbocycles. The van der Waals surface area contributed by atoms with Crippen LogP contribution in [0.5, 0.6) is 0 Å². The zero-order valence-corrected chi connectivity index (χ0v) is 7.20. The van der Waals surface area contributed by atoms with E-state index in [2.05, 4.69) is 0 Å². The molecule has 0 aromatic rings. The quantitative estimate of drug-likeness (QED) is 0.386. The molecule has 6 heteroatoms. The Morgan fingerprint density at radius 3 is 2.23 bits per heavy atom. The summed E-state index contributed by atoms with van der Waals surface area (Å²) in [4.78, 5) is 0. The largest absolute Gasteiger partial charge is 0.394 e.